The minimum atomic E-state index is -3.60. The number of carbonyl (C=O) groups excluding carboxylic acids is 1. The van der Waals surface area contributed by atoms with Crippen LogP contribution in [0.5, 0.6) is 0 Å². The molecule has 0 bridgehead atoms. The molecule has 1 saturated heterocycles. The van der Waals surface area contributed by atoms with E-state index in [-0.39, 0.29) is 10.8 Å². The fourth-order valence-corrected chi connectivity index (χ4v) is 6.20. The number of aryl methyl sites for hydroxylation is 2. The molecule has 5 rings (SSSR count). The normalized spacial score (nSPS) is 17.9. The lowest BCUT2D eigenvalue weighted by molar-refractivity contribution is 0.102. The van der Waals surface area contributed by atoms with Crippen LogP contribution < -0.4 is 5.32 Å². The van der Waals surface area contributed by atoms with E-state index in [1.165, 1.54) is 22.0 Å². The van der Waals surface area contributed by atoms with E-state index in [2.05, 4.69) is 21.3 Å². The number of para-hydroxylation sites is 1. The summed E-state index contributed by atoms with van der Waals surface area (Å²) in [6, 6.07) is 12.3. The summed E-state index contributed by atoms with van der Waals surface area (Å²) in [7, 11) is -1.61. The molecule has 0 atom stereocenters. The van der Waals surface area contributed by atoms with Crippen LogP contribution in [0.1, 0.15) is 34.5 Å². The first kappa shape index (κ1) is 21.2. The lowest BCUT2D eigenvalue weighted by Crippen LogP contribution is -2.47. The lowest BCUT2D eigenvalue weighted by atomic mass is 9.95. The van der Waals surface area contributed by atoms with E-state index in [4.69, 9.17) is 0 Å². The van der Waals surface area contributed by atoms with Crippen molar-refractivity contribution >= 4 is 32.5 Å². The van der Waals surface area contributed by atoms with Gasteiger partial charge in [0.2, 0.25) is 10.0 Å². The number of hydrogen-bond donors (Lipinski definition) is 2. The van der Waals surface area contributed by atoms with Crippen molar-refractivity contribution in [1.82, 2.24) is 14.2 Å². The van der Waals surface area contributed by atoms with Gasteiger partial charge in [-0.3, -0.25) is 4.79 Å². The van der Waals surface area contributed by atoms with Crippen LogP contribution in [0.2, 0.25) is 0 Å². The number of carbonyl (C=O) groups is 1. The molecule has 1 aliphatic heterocycles. The molecule has 0 spiro atoms. The van der Waals surface area contributed by atoms with Crippen LogP contribution in [0.3, 0.4) is 0 Å². The van der Waals surface area contributed by atoms with Crippen molar-refractivity contribution < 1.29 is 13.2 Å². The molecule has 0 unspecified atom stereocenters. The Morgan fingerprint density at radius 3 is 2.56 bits per heavy atom. The number of hydrogen-bond acceptors (Lipinski definition) is 4. The highest BCUT2D eigenvalue weighted by Gasteiger charge is 2.28. The van der Waals surface area contributed by atoms with Gasteiger partial charge in [0.15, 0.2) is 0 Å². The van der Waals surface area contributed by atoms with Crippen LogP contribution >= 0.6 is 0 Å². The monoisotopic (exact) mass is 452 g/mol. The highest BCUT2D eigenvalue weighted by molar-refractivity contribution is 7.89. The van der Waals surface area contributed by atoms with Gasteiger partial charge in [0.05, 0.1) is 16.0 Å². The van der Waals surface area contributed by atoms with Crippen LogP contribution in [0.25, 0.3) is 10.9 Å². The Kier molecular flexibility index (Phi) is 5.53. The second kappa shape index (κ2) is 8.35. The van der Waals surface area contributed by atoms with Gasteiger partial charge in [-0.2, -0.15) is 4.31 Å². The predicted molar refractivity (Wildman–Crippen MR) is 126 cm³/mol. The van der Waals surface area contributed by atoms with Crippen molar-refractivity contribution in [2.24, 2.45) is 0 Å². The summed E-state index contributed by atoms with van der Waals surface area (Å²) in [5.41, 5.74) is 4.45. The molecule has 1 fully saturated rings. The number of anilines is 1. The Morgan fingerprint density at radius 2 is 1.75 bits per heavy atom. The summed E-state index contributed by atoms with van der Waals surface area (Å²) in [4.78, 5) is 18.9. The third kappa shape index (κ3) is 3.83. The van der Waals surface area contributed by atoms with Crippen LogP contribution in [0, 0.1) is 0 Å². The number of sulfonamides is 1. The Labute approximate surface area is 188 Å². The third-order valence-electron chi connectivity index (χ3n) is 6.57. The van der Waals surface area contributed by atoms with Crippen LogP contribution in [0.15, 0.2) is 47.4 Å². The average molecular weight is 453 g/mol. The third-order valence-corrected chi connectivity index (χ3v) is 8.46. The van der Waals surface area contributed by atoms with Gasteiger partial charge in [0, 0.05) is 42.9 Å². The van der Waals surface area contributed by atoms with Gasteiger partial charge >= 0.3 is 0 Å². The standard InChI is InChI=1S/C24H28N4O3S/c1-27-12-14-28(15-13-27)32(30,31)18-7-4-6-17(16-18)25-24(29)21-10-5-9-20-19-8-2-3-11-22(19)26-23(20)21/h4-7,9-10,16,26H,2-3,8,11-15H2,1H3,(H,25,29). The minimum absolute atomic E-state index is 0.202. The first-order valence-corrected chi connectivity index (χ1v) is 12.6. The summed E-state index contributed by atoms with van der Waals surface area (Å²) in [6.07, 6.45) is 4.38. The zero-order valence-corrected chi connectivity index (χ0v) is 19.0. The number of aromatic nitrogens is 1. The number of H-pyrrole nitrogens is 1. The maximum absolute atomic E-state index is 13.1. The minimum Gasteiger partial charge on any atom is -0.358 e. The molecule has 1 aromatic heterocycles. The quantitative estimate of drug-likeness (QED) is 0.636. The zero-order valence-electron chi connectivity index (χ0n) is 18.2. The number of aromatic amines is 1. The van der Waals surface area contributed by atoms with E-state index in [0.717, 1.165) is 30.2 Å². The zero-order chi connectivity index (χ0) is 22.3. The number of rotatable bonds is 4. The molecule has 7 nitrogen and oxygen atoms in total. The second-order valence-electron chi connectivity index (χ2n) is 8.71. The van der Waals surface area contributed by atoms with Gasteiger partial charge < -0.3 is 15.2 Å². The topological polar surface area (TPSA) is 85.5 Å². The van der Waals surface area contributed by atoms with Crippen molar-refractivity contribution in [3.63, 3.8) is 0 Å². The van der Waals surface area contributed by atoms with E-state index in [0.29, 0.717) is 37.4 Å². The molecule has 168 valence electrons. The molecule has 2 heterocycles. The molecule has 3 aromatic rings. The summed E-state index contributed by atoms with van der Waals surface area (Å²) >= 11 is 0. The van der Waals surface area contributed by atoms with Crippen molar-refractivity contribution in [2.45, 2.75) is 30.6 Å². The number of nitrogens with one attached hydrogen (secondary N) is 2. The van der Waals surface area contributed by atoms with Gasteiger partial charge in [-0.1, -0.05) is 18.2 Å². The first-order chi connectivity index (χ1) is 15.4. The van der Waals surface area contributed by atoms with Crippen molar-refractivity contribution in [1.29, 1.82) is 0 Å². The number of benzene rings is 2. The van der Waals surface area contributed by atoms with Gasteiger partial charge in [-0.25, -0.2) is 8.42 Å². The molecule has 2 N–H and O–H groups in total. The molecular weight excluding hydrogens is 424 g/mol. The molecule has 0 radical (unpaired) electrons. The van der Waals surface area contributed by atoms with Gasteiger partial charge in [0.1, 0.15) is 0 Å². The van der Waals surface area contributed by atoms with E-state index in [1.807, 2.05) is 19.2 Å². The SMILES string of the molecule is CN1CCN(S(=O)(=O)c2cccc(NC(=O)c3cccc4c5c([nH]c34)CCCC5)c2)CC1. The average Bonchev–Trinajstić information content (AvgIpc) is 3.18. The van der Waals surface area contributed by atoms with Crippen LogP contribution in [0.4, 0.5) is 5.69 Å². The molecule has 0 saturated carbocycles. The number of likely N-dealkylation sites (N-methyl/N-ethyl adjacent to an activating group) is 1. The molecular formula is C24H28N4O3S. The summed E-state index contributed by atoms with van der Waals surface area (Å²) < 4.78 is 27.7. The Balaban J connectivity index is 1.41. The van der Waals surface area contributed by atoms with E-state index >= 15 is 0 Å². The maximum Gasteiger partial charge on any atom is 0.257 e. The van der Waals surface area contributed by atoms with Crippen LogP contribution in [-0.4, -0.2) is 61.7 Å². The second-order valence-corrected chi connectivity index (χ2v) is 10.6. The molecule has 2 aliphatic rings. The van der Waals surface area contributed by atoms with E-state index < -0.39 is 10.0 Å². The van der Waals surface area contributed by atoms with Crippen molar-refractivity contribution in [2.75, 3.05) is 38.5 Å². The Bertz CT molecular complexity index is 1270. The molecule has 2 aromatic carbocycles. The predicted octanol–water partition coefficient (Wildman–Crippen LogP) is 3.24. The highest BCUT2D eigenvalue weighted by Crippen LogP contribution is 2.31. The number of nitrogens with zero attached hydrogens (tertiary/aromatic N) is 2. The van der Waals surface area contributed by atoms with Gasteiger partial charge in [-0.05, 0) is 62.6 Å². The van der Waals surface area contributed by atoms with E-state index in [9.17, 15) is 13.2 Å². The van der Waals surface area contributed by atoms with Crippen LogP contribution in [-0.2, 0) is 22.9 Å². The summed E-state index contributed by atoms with van der Waals surface area (Å²) in [6.45, 7) is 2.35. The largest absolute Gasteiger partial charge is 0.358 e. The van der Waals surface area contributed by atoms with Crippen molar-refractivity contribution in [3.8, 4) is 0 Å². The van der Waals surface area contributed by atoms with Crippen molar-refractivity contribution in [3.05, 3.63) is 59.3 Å². The maximum atomic E-state index is 13.1. The Morgan fingerprint density at radius 1 is 1.00 bits per heavy atom. The summed E-state index contributed by atoms with van der Waals surface area (Å²) in [5, 5.41) is 4.01. The first-order valence-electron chi connectivity index (χ1n) is 11.2. The van der Waals surface area contributed by atoms with Gasteiger partial charge in [0.25, 0.3) is 5.91 Å². The number of piperazine rings is 1. The molecule has 1 amide bonds. The molecule has 32 heavy (non-hydrogen) atoms. The molecule has 1 aliphatic carbocycles. The molecule has 8 heteroatoms. The number of amides is 1. The summed E-state index contributed by atoms with van der Waals surface area (Å²) in [5.74, 6) is -0.247. The fourth-order valence-electron chi connectivity index (χ4n) is 4.73. The lowest BCUT2D eigenvalue weighted by Gasteiger charge is -2.31. The number of fused-ring (bicyclic) bond motifs is 3. The van der Waals surface area contributed by atoms with E-state index in [1.54, 1.807) is 24.3 Å². The smallest absolute Gasteiger partial charge is 0.257 e. The van der Waals surface area contributed by atoms with Gasteiger partial charge in [-0.15, -0.1) is 0 Å². The fraction of sp³-hybridized carbons (Fsp3) is 0.375. The highest BCUT2D eigenvalue weighted by atomic mass is 32.2. The Hall–Kier alpha value is -2.68.